The number of ether oxygens (including phenoxy) is 1. The zero-order valence-corrected chi connectivity index (χ0v) is 22.7. The van der Waals surface area contributed by atoms with Crippen molar-refractivity contribution in [3.05, 3.63) is 82.2 Å². The molecule has 1 aliphatic rings. The molecule has 2 aromatic heterocycles. The van der Waals surface area contributed by atoms with Gasteiger partial charge in [-0.15, -0.1) is 0 Å². The molecule has 4 rings (SSSR count). The summed E-state index contributed by atoms with van der Waals surface area (Å²) in [4.78, 5) is 47.5. The van der Waals surface area contributed by atoms with Crippen LogP contribution >= 0.6 is 0 Å². The zero-order chi connectivity index (χ0) is 27.8. The fraction of sp³-hybridized carbons (Fsp3) is 0.379. The Hall–Kier alpha value is -4.14. The number of aliphatic hydroxyl groups is 1. The van der Waals surface area contributed by atoms with Gasteiger partial charge in [0.25, 0.3) is 11.7 Å². The summed E-state index contributed by atoms with van der Waals surface area (Å²) in [6.07, 6.45) is 5.82. The first-order valence-electron chi connectivity index (χ1n) is 12.6. The van der Waals surface area contributed by atoms with Crippen LogP contribution in [0.4, 0.5) is 0 Å². The van der Waals surface area contributed by atoms with Crippen molar-refractivity contribution in [1.29, 1.82) is 0 Å². The highest BCUT2D eigenvalue weighted by atomic mass is 16.5. The summed E-state index contributed by atoms with van der Waals surface area (Å²) >= 11 is 0. The number of nitrogens with zero attached hydrogens (tertiary/aromatic N) is 3. The molecule has 1 aliphatic heterocycles. The molecule has 2 N–H and O–H groups in total. The van der Waals surface area contributed by atoms with Gasteiger partial charge in [0.2, 0.25) is 0 Å². The molecule has 0 spiro atoms. The molecule has 1 fully saturated rings. The fourth-order valence-electron chi connectivity index (χ4n) is 5.01. The summed E-state index contributed by atoms with van der Waals surface area (Å²) in [5.74, 6) is -2.32. The summed E-state index contributed by atoms with van der Waals surface area (Å²) in [6, 6.07) is 7.02. The molecule has 1 aromatic carbocycles. The molecule has 0 radical (unpaired) electrons. The second-order valence-corrected chi connectivity index (χ2v) is 10.6. The number of carbonyl (C=O) groups excluding carboxylic acids is 3. The Kier molecular flexibility index (Phi) is 7.31. The first-order chi connectivity index (χ1) is 18.0. The lowest BCUT2D eigenvalue weighted by Gasteiger charge is -2.26. The molecule has 0 saturated carbocycles. The van der Waals surface area contributed by atoms with Crippen molar-refractivity contribution in [1.82, 2.24) is 19.4 Å². The predicted molar refractivity (Wildman–Crippen MR) is 143 cm³/mol. The number of hydrogen-bond acceptors (Lipinski definition) is 6. The first-order valence-corrected chi connectivity index (χ1v) is 12.6. The third kappa shape index (κ3) is 4.88. The number of esters is 1. The van der Waals surface area contributed by atoms with E-state index in [9.17, 15) is 19.5 Å². The third-order valence-electron chi connectivity index (χ3n) is 7.07. The van der Waals surface area contributed by atoms with E-state index in [1.165, 1.54) is 12.0 Å². The number of benzene rings is 1. The molecular formula is C29H34N4O5. The van der Waals surface area contributed by atoms with E-state index in [1.54, 1.807) is 26.4 Å². The third-order valence-corrected chi connectivity index (χ3v) is 7.07. The van der Waals surface area contributed by atoms with E-state index in [2.05, 4.69) is 30.7 Å². The number of likely N-dealkylation sites (tertiary alicyclic amines) is 1. The van der Waals surface area contributed by atoms with Crippen LogP contribution in [0.5, 0.6) is 0 Å². The average Bonchev–Trinajstić information content (AvgIpc) is 3.56. The molecule has 1 amide bonds. The quantitative estimate of drug-likeness (QED) is 0.207. The van der Waals surface area contributed by atoms with Crippen molar-refractivity contribution < 1.29 is 24.2 Å². The molecule has 9 heteroatoms. The number of nitrogens with one attached hydrogen (secondary N) is 1. The fourth-order valence-corrected chi connectivity index (χ4v) is 5.01. The second-order valence-electron chi connectivity index (χ2n) is 10.6. The van der Waals surface area contributed by atoms with Gasteiger partial charge in [0.15, 0.2) is 0 Å². The number of hydrogen-bond donors (Lipinski definition) is 2. The van der Waals surface area contributed by atoms with Gasteiger partial charge in [0.05, 0.1) is 25.1 Å². The lowest BCUT2D eigenvalue weighted by molar-refractivity contribution is -0.139. The van der Waals surface area contributed by atoms with Crippen LogP contribution < -0.4 is 0 Å². The minimum Gasteiger partial charge on any atom is -0.507 e. The summed E-state index contributed by atoms with van der Waals surface area (Å²) in [7, 11) is 1.27. The van der Waals surface area contributed by atoms with E-state index in [0.717, 1.165) is 11.1 Å². The molecule has 0 unspecified atom stereocenters. The van der Waals surface area contributed by atoms with Gasteiger partial charge >= 0.3 is 5.97 Å². The van der Waals surface area contributed by atoms with Crippen LogP contribution in [0.2, 0.25) is 0 Å². The Morgan fingerprint density at radius 1 is 1.13 bits per heavy atom. The Balaban J connectivity index is 1.81. The van der Waals surface area contributed by atoms with E-state index in [-0.39, 0.29) is 22.4 Å². The molecule has 1 atom stereocenters. The van der Waals surface area contributed by atoms with Crippen LogP contribution in [-0.2, 0) is 26.3 Å². The van der Waals surface area contributed by atoms with Gasteiger partial charge in [0.1, 0.15) is 11.5 Å². The molecule has 1 saturated heterocycles. The highest BCUT2D eigenvalue weighted by molar-refractivity contribution is 6.46. The Morgan fingerprint density at radius 3 is 2.39 bits per heavy atom. The van der Waals surface area contributed by atoms with Crippen molar-refractivity contribution in [3.63, 3.8) is 0 Å². The summed E-state index contributed by atoms with van der Waals surface area (Å²) < 4.78 is 6.75. The average molecular weight is 519 g/mol. The van der Waals surface area contributed by atoms with Crippen molar-refractivity contribution in [2.75, 3.05) is 13.7 Å². The number of rotatable bonds is 7. The highest BCUT2D eigenvalue weighted by Crippen LogP contribution is 2.41. The summed E-state index contributed by atoms with van der Waals surface area (Å²) in [5.41, 5.74) is 3.20. The van der Waals surface area contributed by atoms with Gasteiger partial charge in [-0.05, 0) is 42.4 Å². The Morgan fingerprint density at radius 2 is 1.82 bits per heavy atom. The van der Waals surface area contributed by atoms with E-state index in [4.69, 9.17) is 4.74 Å². The molecule has 3 aromatic rings. The van der Waals surface area contributed by atoms with Crippen LogP contribution in [0.15, 0.2) is 48.6 Å². The number of aryl methyl sites for hydroxylation is 2. The van der Waals surface area contributed by atoms with Crippen LogP contribution in [0.1, 0.15) is 71.7 Å². The molecule has 3 heterocycles. The maximum atomic E-state index is 13.4. The molecule has 9 nitrogen and oxygen atoms in total. The van der Waals surface area contributed by atoms with Crippen molar-refractivity contribution >= 4 is 23.4 Å². The van der Waals surface area contributed by atoms with E-state index in [0.29, 0.717) is 36.3 Å². The van der Waals surface area contributed by atoms with Crippen LogP contribution in [0.3, 0.4) is 0 Å². The number of H-pyrrole nitrogens is 1. The SMILES string of the molecule is COC(=O)c1[nH]c(C)c(C(O)=C2C(=O)C(=O)N(CCCn3ccnc3)[C@@H]2c2ccc(C(C)(C)C)cc2)c1C. The topological polar surface area (TPSA) is 118 Å². The Bertz CT molecular complexity index is 1390. The van der Waals surface area contributed by atoms with Gasteiger partial charge in [-0.2, -0.15) is 0 Å². The lowest BCUT2D eigenvalue weighted by Crippen LogP contribution is -2.31. The smallest absolute Gasteiger partial charge is 0.354 e. The number of carbonyl (C=O) groups is 3. The lowest BCUT2D eigenvalue weighted by atomic mass is 9.85. The standard InChI is InChI=1S/C29H34N4O5/c1-17-21(18(2)31-23(17)28(37)38-6)25(34)22-24(19-8-10-20(11-9-19)29(3,4)5)33(27(36)26(22)35)14-7-13-32-15-12-30-16-32/h8-12,15-16,24,31,34H,7,13-14H2,1-6H3/t24-/m1/s1. The van der Waals surface area contributed by atoms with E-state index < -0.39 is 23.7 Å². The molecule has 200 valence electrons. The minimum atomic E-state index is -0.776. The summed E-state index contributed by atoms with van der Waals surface area (Å²) in [5, 5.41) is 11.5. The largest absolute Gasteiger partial charge is 0.507 e. The van der Waals surface area contributed by atoms with Crippen LogP contribution in [0.25, 0.3) is 5.76 Å². The van der Waals surface area contributed by atoms with Gasteiger partial charge in [-0.3, -0.25) is 9.59 Å². The van der Waals surface area contributed by atoms with E-state index >= 15 is 0 Å². The maximum absolute atomic E-state index is 13.4. The van der Waals surface area contributed by atoms with Crippen molar-refractivity contribution in [3.8, 4) is 0 Å². The monoisotopic (exact) mass is 518 g/mol. The van der Waals surface area contributed by atoms with Gasteiger partial charge in [-0.25, -0.2) is 9.78 Å². The van der Waals surface area contributed by atoms with Crippen LogP contribution in [0, 0.1) is 13.8 Å². The zero-order valence-electron chi connectivity index (χ0n) is 22.7. The Labute approximate surface area is 222 Å². The first kappa shape index (κ1) is 26.9. The predicted octanol–water partition coefficient (Wildman–Crippen LogP) is 4.42. The van der Waals surface area contributed by atoms with Crippen LogP contribution in [-0.4, -0.2) is 55.9 Å². The number of aliphatic hydroxyl groups excluding tert-OH is 1. The molecule has 38 heavy (non-hydrogen) atoms. The molecule has 0 aliphatic carbocycles. The second kappa shape index (κ2) is 10.3. The highest BCUT2D eigenvalue weighted by Gasteiger charge is 2.46. The number of methoxy groups -OCH3 is 1. The van der Waals surface area contributed by atoms with Gasteiger partial charge in [-0.1, -0.05) is 45.0 Å². The molecule has 0 bridgehead atoms. The summed E-state index contributed by atoms with van der Waals surface area (Å²) in [6.45, 7) is 10.6. The number of aromatic amines is 1. The van der Waals surface area contributed by atoms with Gasteiger partial charge in [0, 0.05) is 36.7 Å². The minimum absolute atomic E-state index is 0.00255. The number of amides is 1. The number of imidazole rings is 1. The number of Topliss-reactive ketones (excluding diaryl/α,β-unsaturated/α-hetero) is 1. The molecular weight excluding hydrogens is 484 g/mol. The van der Waals surface area contributed by atoms with Gasteiger partial charge < -0.3 is 24.3 Å². The number of ketones is 1. The van der Waals surface area contributed by atoms with E-state index in [1.807, 2.05) is 35.0 Å². The van der Waals surface area contributed by atoms with Crippen molar-refractivity contribution in [2.45, 2.75) is 59.0 Å². The number of aromatic nitrogens is 3. The van der Waals surface area contributed by atoms with Crippen molar-refractivity contribution in [2.24, 2.45) is 0 Å². The maximum Gasteiger partial charge on any atom is 0.354 e. The normalized spacial score (nSPS) is 17.3.